The van der Waals surface area contributed by atoms with Crippen LogP contribution in [0.1, 0.15) is 38.7 Å². The second-order valence-electron chi connectivity index (χ2n) is 7.18. The zero-order valence-corrected chi connectivity index (χ0v) is 17.3. The van der Waals surface area contributed by atoms with Crippen LogP contribution in [0.2, 0.25) is 0 Å². The summed E-state index contributed by atoms with van der Waals surface area (Å²) in [7, 11) is -1.53. The van der Waals surface area contributed by atoms with Crippen LogP contribution >= 0.6 is 0 Å². The van der Waals surface area contributed by atoms with E-state index in [1.807, 2.05) is 24.3 Å². The van der Waals surface area contributed by atoms with Crippen molar-refractivity contribution >= 4 is 15.9 Å². The van der Waals surface area contributed by atoms with Crippen molar-refractivity contribution < 1.29 is 22.7 Å². The molecule has 2 atom stereocenters. The van der Waals surface area contributed by atoms with Crippen molar-refractivity contribution in [2.45, 2.75) is 45.4 Å². The summed E-state index contributed by atoms with van der Waals surface area (Å²) >= 11 is 0. The van der Waals surface area contributed by atoms with E-state index in [0.717, 1.165) is 0 Å². The van der Waals surface area contributed by atoms with Crippen LogP contribution in [0.25, 0.3) is 0 Å². The molecule has 1 fully saturated rings. The Balaban J connectivity index is 1.96. The van der Waals surface area contributed by atoms with Crippen LogP contribution < -0.4 is 10.1 Å². The number of nitrogens with one attached hydrogen (secondary N) is 1. The molecule has 2 rings (SSSR count). The van der Waals surface area contributed by atoms with Crippen molar-refractivity contribution in [2.75, 3.05) is 31.8 Å². The fourth-order valence-corrected chi connectivity index (χ4v) is 4.81. The van der Waals surface area contributed by atoms with Crippen molar-refractivity contribution in [1.82, 2.24) is 10.2 Å². The topological polar surface area (TPSA) is 84.9 Å². The van der Waals surface area contributed by atoms with Gasteiger partial charge >= 0.3 is 6.03 Å². The Bertz CT molecular complexity index is 718. The van der Waals surface area contributed by atoms with Crippen molar-refractivity contribution in [2.24, 2.45) is 0 Å². The van der Waals surface area contributed by atoms with E-state index in [9.17, 15) is 13.2 Å². The minimum atomic E-state index is -3.08. The highest BCUT2D eigenvalue weighted by Crippen LogP contribution is 2.20. The maximum absolute atomic E-state index is 12.7. The van der Waals surface area contributed by atoms with Gasteiger partial charge in [-0.15, -0.1) is 0 Å². The first-order valence-electron chi connectivity index (χ1n) is 9.25. The molecule has 7 nitrogen and oxygen atoms in total. The summed E-state index contributed by atoms with van der Waals surface area (Å²) in [6.45, 7) is 6.66. The van der Waals surface area contributed by atoms with Crippen molar-refractivity contribution in [3.8, 4) is 5.75 Å². The fraction of sp³-hybridized carbons (Fsp3) is 0.632. The highest BCUT2D eigenvalue weighted by molar-refractivity contribution is 7.91. The number of hydrogen-bond donors (Lipinski definition) is 1. The van der Waals surface area contributed by atoms with Gasteiger partial charge in [-0.25, -0.2) is 13.2 Å². The van der Waals surface area contributed by atoms with Crippen LogP contribution in [0, 0.1) is 0 Å². The van der Waals surface area contributed by atoms with E-state index in [1.165, 1.54) is 10.5 Å². The predicted octanol–water partition coefficient (Wildman–Crippen LogP) is 2.38. The average molecular weight is 399 g/mol. The Labute approximate surface area is 161 Å². The van der Waals surface area contributed by atoms with Gasteiger partial charge in [0.05, 0.1) is 18.1 Å². The number of urea groups is 1. The van der Waals surface area contributed by atoms with E-state index in [2.05, 4.69) is 19.2 Å². The van der Waals surface area contributed by atoms with Crippen LogP contribution in [-0.2, 0) is 14.6 Å². The Hall–Kier alpha value is -1.80. The molecule has 1 aromatic rings. The first-order chi connectivity index (χ1) is 12.7. The zero-order valence-electron chi connectivity index (χ0n) is 16.5. The lowest BCUT2D eigenvalue weighted by atomic mass is 10.0. The molecule has 27 heavy (non-hydrogen) atoms. The van der Waals surface area contributed by atoms with Crippen molar-refractivity contribution in [3.63, 3.8) is 0 Å². The molecule has 0 bridgehead atoms. The normalized spacial score (nSPS) is 19.7. The van der Waals surface area contributed by atoms with Gasteiger partial charge in [0, 0.05) is 19.7 Å². The van der Waals surface area contributed by atoms with Gasteiger partial charge in [0.1, 0.15) is 5.75 Å². The van der Waals surface area contributed by atoms with Crippen LogP contribution in [0.3, 0.4) is 0 Å². The summed E-state index contributed by atoms with van der Waals surface area (Å²) in [6, 6.07) is 7.09. The van der Waals surface area contributed by atoms with E-state index in [4.69, 9.17) is 9.47 Å². The van der Waals surface area contributed by atoms with Crippen molar-refractivity contribution in [3.05, 3.63) is 29.8 Å². The molecule has 0 aliphatic carbocycles. The first kappa shape index (κ1) is 21.5. The molecule has 0 radical (unpaired) electrons. The SMILES string of the molecule is COCCN(C(=O)NC(C)Oc1ccc(C(C)C)cc1)C1CCS(=O)(=O)C1. The molecule has 2 unspecified atom stereocenters. The lowest BCUT2D eigenvalue weighted by Gasteiger charge is -2.29. The Kier molecular flexibility index (Phi) is 7.49. The van der Waals surface area contributed by atoms with E-state index >= 15 is 0 Å². The smallest absolute Gasteiger partial charge is 0.320 e. The maximum Gasteiger partial charge on any atom is 0.320 e. The van der Waals surface area contributed by atoms with Gasteiger partial charge in [0.25, 0.3) is 0 Å². The third-order valence-electron chi connectivity index (χ3n) is 4.63. The van der Waals surface area contributed by atoms with Gasteiger partial charge < -0.3 is 19.7 Å². The zero-order chi connectivity index (χ0) is 20.0. The first-order valence-corrected chi connectivity index (χ1v) is 11.1. The summed E-state index contributed by atoms with van der Waals surface area (Å²) in [5, 5.41) is 2.79. The molecular weight excluding hydrogens is 368 g/mol. The summed E-state index contributed by atoms with van der Waals surface area (Å²) in [6.07, 6.45) is -0.101. The Morgan fingerprint density at radius 3 is 2.44 bits per heavy atom. The summed E-state index contributed by atoms with van der Waals surface area (Å²) < 4.78 is 34.4. The average Bonchev–Trinajstić information content (AvgIpc) is 2.95. The molecule has 1 heterocycles. The molecular formula is C19H30N2O5S. The molecule has 1 aromatic carbocycles. The van der Waals surface area contributed by atoms with Gasteiger partial charge in [-0.3, -0.25) is 0 Å². The number of sulfone groups is 1. The quantitative estimate of drug-likeness (QED) is 0.680. The molecule has 1 saturated heterocycles. The van der Waals surface area contributed by atoms with Crippen LogP contribution in [0.5, 0.6) is 5.75 Å². The van der Waals surface area contributed by atoms with E-state index in [-0.39, 0.29) is 23.6 Å². The largest absolute Gasteiger partial charge is 0.471 e. The van der Waals surface area contributed by atoms with Crippen molar-refractivity contribution in [1.29, 1.82) is 0 Å². The van der Waals surface area contributed by atoms with E-state index < -0.39 is 16.1 Å². The molecule has 0 spiro atoms. The Morgan fingerprint density at radius 2 is 1.93 bits per heavy atom. The monoisotopic (exact) mass is 398 g/mol. The molecule has 0 saturated carbocycles. The molecule has 0 aromatic heterocycles. The second-order valence-corrected chi connectivity index (χ2v) is 9.41. The lowest BCUT2D eigenvalue weighted by molar-refractivity contribution is 0.118. The number of carbonyl (C=O) groups is 1. The highest BCUT2D eigenvalue weighted by atomic mass is 32.2. The molecule has 8 heteroatoms. The molecule has 152 valence electrons. The highest BCUT2D eigenvalue weighted by Gasteiger charge is 2.34. The van der Waals surface area contributed by atoms with Crippen LogP contribution in [0.4, 0.5) is 4.79 Å². The van der Waals surface area contributed by atoms with Gasteiger partial charge in [0.2, 0.25) is 0 Å². The van der Waals surface area contributed by atoms with Crippen LogP contribution in [0.15, 0.2) is 24.3 Å². The van der Waals surface area contributed by atoms with Crippen LogP contribution in [-0.4, -0.2) is 63.4 Å². The summed E-state index contributed by atoms with van der Waals surface area (Å²) in [4.78, 5) is 14.2. The fourth-order valence-electron chi connectivity index (χ4n) is 3.08. The Morgan fingerprint density at radius 1 is 1.26 bits per heavy atom. The molecule has 1 aliphatic rings. The predicted molar refractivity (Wildman–Crippen MR) is 105 cm³/mol. The molecule has 1 aliphatic heterocycles. The number of hydrogen-bond acceptors (Lipinski definition) is 5. The van der Waals surface area contributed by atoms with Gasteiger partial charge in [0.15, 0.2) is 16.1 Å². The van der Waals surface area contributed by atoms with Gasteiger partial charge in [-0.1, -0.05) is 26.0 Å². The van der Waals surface area contributed by atoms with E-state index in [1.54, 1.807) is 14.0 Å². The number of methoxy groups -OCH3 is 1. The number of ether oxygens (including phenoxy) is 2. The number of benzene rings is 1. The number of amides is 2. The molecule has 1 N–H and O–H groups in total. The number of carbonyl (C=O) groups excluding carboxylic acids is 1. The third kappa shape index (κ3) is 6.39. The third-order valence-corrected chi connectivity index (χ3v) is 6.38. The molecule has 2 amide bonds. The van der Waals surface area contributed by atoms with Gasteiger partial charge in [-0.2, -0.15) is 0 Å². The minimum Gasteiger partial charge on any atom is -0.471 e. The van der Waals surface area contributed by atoms with Gasteiger partial charge in [-0.05, 0) is 37.0 Å². The number of rotatable bonds is 8. The second kappa shape index (κ2) is 9.41. The lowest BCUT2D eigenvalue weighted by Crippen LogP contribution is -2.51. The number of nitrogens with zero attached hydrogens (tertiary/aromatic N) is 1. The summed E-state index contributed by atoms with van der Waals surface area (Å²) in [5.74, 6) is 1.21. The summed E-state index contributed by atoms with van der Waals surface area (Å²) in [5.41, 5.74) is 1.22. The van der Waals surface area contributed by atoms with E-state index in [0.29, 0.717) is 31.2 Å². The minimum absolute atomic E-state index is 0.00393. The standard InChI is InChI=1S/C19H30N2O5S/c1-14(2)16-5-7-18(8-6-16)26-15(3)20-19(22)21(10-11-25-4)17-9-12-27(23,24)13-17/h5-8,14-15,17H,9-13H2,1-4H3,(H,20,22). The maximum atomic E-state index is 12.7.